The van der Waals surface area contributed by atoms with Crippen LogP contribution < -0.4 is 10.5 Å². The fourth-order valence-corrected chi connectivity index (χ4v) is 2.76. The summed E-state index contributed by atoms with van der Waals surface area (Å²) in [7, 11) is -4.09. The Hall–Kier alpha value is -2.15. The number of hydrogen-bond donors (Lipinski definition) is 2. The van der Waals surface area contributed by atoms with Crippen molar-refractivity contribution >= 4 is 21.4 Å². The second-order valence-electron chi connectivity index (χ2n) is 4.26. The lowest BCUT2D eigenvalue weighted by Gasteiger charge is -2.10. The molecule has 20 heavy (non-hydrogen) atoms. The van der Waals surface area contributed by atoms with Crippen LogP contribution >= 0.6 is 0 Å². The van der Waals surface area contributed by atoms with E-state index in [2.05, 4.69) is 4.72 Å². The van der Waals surface area contributed by atoms with Crippen LogP contribution in [-0.2, 0) is 10.0 Å². The molecule has 0 fully saturated rings. The molecule has 2 rings (SSSR count). The average Bonchev–Trinajstić information content (AvgIpc) is 2.33. The van der Waals surface area contributed by atoms with Crippen molar-refractivity contribution in [2.24, 2.45) is 0 Å². The minimum Gasteiger partial charge on any atom is -0.399 e. The Kier molecular flexibility index (Phi) is 3.63. The van der Waals surface area contributed by atoms with Gasteiger partial charge in [0.2, 0.25) is 0 Å². The molecule has 106 valence electrons. The lowest BCUT2D eigenvalue weighted by atomic mass is 10.2. The zero-order valence-electron chi connectivity index (χ0n) is 10.5. The third kappa shape index (κ3) is 2.88. The standard InChI is InChI=1S/C13H12F2N2O2S/c1-8-6-10(3-4-11(8)14)17-20(18,19)13-5-2-9(16)7-12(13)15/h2-7,17H,16H2,1H3. The number of benzene rings is 2. The van der Waals surface area contributed by atoms with Crippen LogP contribution in [0, 0.1) is 18.6 Å². The molecule has 0 spiro atoms. The van der Waals surface area contributed by atoms with Crippen molar-refractivity contribution in [3.05, 3.63) is 53.6 Å². The quantitative estimate of drug-likeness (QED) is 0.856. The van der Waals surface area contributed by atoms with Crippen molar-refractivity contribution in [1.29, 1.82) is 0 Å². The number of hydrogen-bond acceptors (Lipinski definition) is 3. The van der Waals surface area contributed by atoms with E-state index in [0.717, 1.165) is 18.2 Å². The number of nitrogen functional groups attached to an aromatic ring is 1. The molecule has 2 aromatic carbocycles. The van der Waals surface area contributed by atoms with E-state index in [0.29, 0.717) is 0 Å². The van der Waals surface area contributed by atoms with Gasteiger partial charge in [0, 0.05) is 11.4 Å². The number of nitrogens with two attached hydrogens (primary N) is 1. The lowest BCUT2D eigenvalue weighted by molar-refractivity contribution is 0.570. The predicted molar refractivity (Wildman–Crippen MR) is 72.8 cm³/mol. The summed E-state index contributed by atoms with van der Waals surface area (Å²) in [6.45, 7) is 1.50. The van der Waals surface area contributed by atoms with E-state index in [9.17, 15) is 17.2 Å². The van der Waals surface area contributed by atoms with Crippen molar-refractivity contribution < 1.29 is 17.2 Å². The van der Waals surface area contributed by atoms with Crippen LogP contribution in [0.15, 0.2) is 41.3 Å². The molecule has 7 heteroatoms. The minimum atomic E-state index is -4.09. The minimum absolute atomic E-state index is 0.124. The molecule has 0 aliphatic carbocycles. The SMILES string of the molecule is Cc1cc(NS(=O)(=O)c2ccc(N)cc2F)ccc1F. The van der Waals surface area contributed by atoms with Gasteiger partial charge in [0.15, 0.2) is 0 Å². The van der Waals surface area contributed by atoms with E-state index < -0.39 is 26.6 Å². The topological polar surface area (TPSA) is 72.2 Å². The largest absolute Gasteiger partial charge is 0.399 e. The zero-order chi connectivity index (χ0) is 14.9. The first-order chi connectivity index (χ1) is 9.29. The molecule has 0 bridgehead atoms. The van der Waals surface area contributed by atoms with Crippen LogP contribution in [0.2, 0.25) is 0 Å². The summed E-state index contributed by atoms with van der Waals surface area (Å²) >= 11 is 0. The Morgan fingerprint density at radius 2 is 1.75 bits per heavy atom. The lowest BCUT2D eigenvalue weighted by Crippen LogP contribution is -2.15. The molecule has 0 saturated heterocycles. The molecular formula is C13H12F2N2O2S. The third-order valence-electron chi connectivity index (χ3n) is 2.66. The molecule has 2 aromatic rings. The van der Waals surface area contributed by atoms with E-state index in [1.165, 1.54) is 25.1 Å². The van der Waals surface area contributed by atoms with Crippen LogP contribution in [0.4, 0.5) is 20.2 Å². The van der Waals surface area contributed by atoms with Crippen LogP contribution in [0.1, 0.15) is 5.56 Å². The van der Waals surface area contributed by atoms with Crippen LogP contribution in [-0.4, -0.2) is 8.42 Å². The number of aryl methyl sites for hydroxylation is 1. The van der Waals surface area contributed by atoms with Gasteiger partial charge in [0.05, 0.1) is 0 Å². The molecule has 0 aliphatic heterocycles. The first-order valence-electron chi connectivity index (χ1n) is 5.63. The summed E-state index contributed by atoms with van der Waals surface area (Å²) in [4.78, 5) is -0.520. The Morgan fingerprint density at radius 3 is 2.35 bits per heavy atom. The van der Waals surface area contributed by atoms with Gasteiger partial charge in [-0.25, -0.2) is 17.2 Å². The summed E-state index contributed by atoms with van der Waals surface area (Å²) in [6.07, 6.45) is 0. The smallest absolute Gasteiger partial charge is 0.264 e. The molecule has 0 atom stereocenters. The van der Waals surface area contributed by atoms with Crippen LogP contribution in [0.5, 0.6) is 0 Å². The van der Waals surface area contributed by atoms with Crippen LogP contribution in [0.3, 0.4) is 0 Å². The van der Waals surface area contributed by atoms with Gasteiger partial charge in [-0.15, -0.1) is 0 Å². The average molecular weight is 298 g/mol. The first-order valence-corrected chi connectivity index (χ1v) is 7.12. The molecule has 3 N–H and O–H groups in total. The molecular weight excluding hydrogens is 286 g/mol. The van der Waals surface area contributed by atoms with E-state index in [4.69, 9.17) is 5.73 Å². The van der Waals surface area contributed by atoms with Crippen molar-refractivity contribution in [3.63, 3.8) is 0 Å². The number of rotatable bonds is 3. The highest BCUT2D eigenvalue weighted by Gasteiger charge is 2.19. The van der Waals surface area contributed by atoms with Gasteiger partial charge in [-0.3, -0.25) is 4.72 Å². The van der Waals surface area contributed by atoms with E-state index in [1.807, 2.05) is 0 Å². The molecule has 0 aromatic heterocycles. The monoisotopic (exact) mass is 298 g/mol. The number of sulfonamides is 1. The van der Waals surface area contributed by atoms with Gasteiger partial charge in [-0.2, -0.15) is 0 Å². The Labute approximate surface area is 115 Å². The van der Waals surface area contributed by atoms with Gasteiger partial charge in [0.1, 0.15) is 16.5 Å². The fraction of sp³-hybridized carbons (Fsp3) is 0.0769. The van der Waals surface area contributed by atoms with Crippen molar-refractivity contribution in [1.82, 2.24) is 0 Å². The Bertz CT molecular complexity index is 761. The van der Waals surface area contributed by atoms with Crippen LogP contribution in [0.25, 0.3) is 0 Å². The third-order valence-corrected chi connectivity index (χ3v) is 4.07. The second-order valence-corrected chi connectivity index (χ2v) is 5.91. The maximum absolute atomic E-state index is 13.6. The van der Waals surface area contributed by atoms with Gasteiger partial charge in [-0.1, -0.05) is 0 Å². The highest BCUT2D eigenvalue weighted by atomic mass is 32.2. The maximum atomic E-state index is 13.6. The van der Waals surface area contributed by atoms with Crippen molar-refractivity contribution in [3.8, 4) is 0 Å². The van der Waals surface area contributed by atoms with Gasteiger partial charge >= 0.3 is 0 Å². The van der Waals surface area contributed by atoms with Crippen molar-refractivity contribution in [2.45, 2.75) is 11.8 Å². The highest BCUT2D eigenvalue weighted by Crippen LogP contribution is 2.21. The summed E-state index contributed by atoms with van der Waals surface area (Å²) in [5.41, 5.74) is 5.92. The first kappa shape index (κ1) is 14.3. The molecule has 0 aliphatic rings. The van der Waals surface area contributed by atoms with E-state index >= 15 is 0 Å². The number of nitrogens with one attached hydrogen (secondary N) is 1. The predicted octanol–water partition coefficient (Wildman–Crippen LogP) is 2.66. The Morgan fingerprint density at radius 1 is 1.05 bits per heavy atom. The number of anilines is 2. The maximum Gasteiger partial charge on any atom is 0.264 e. The normalized spacial score (nSPS) is 11.3. The summed E-state index contributed by atoms with van der Waals surface area (Å²) in [5, 5.41) is 0. The van der Waals surface area contributed by atoms with Gasteiger partial charge in [-0.05, 0) is 48.9 Å². The van der Waals surface area contributed by atoms with Gasteiger partial charge in [0.25, 0.3) is 10.0 Å². The van der Waals surface area contributed by atoms with E-state index in [1.54, 1.807) is 0 Å². The fourth-order valence-electron chi connectivity index (χ4n) is 1.65. The molecule has 0 radical (unpaired) electrons. The molecule has 4 nitrogen and oxygen atoms in total. The summed E-state index contributed by atoms with van der Waals surface area (Å²) < 4.78 is 53.0. The van der Waals surface area contributed by atoms with Crippen molar-refractivity contribution in [2.75, 3.05) is 10.5 Å². The summed E-state index contributed by atoms with van der Waals surface area (Å²) in [5.74, 6) is -1.40. The highest BCUT2D eigenvalue weighted by molar-refractivity contribution is 7.92. The Balaban J connectivity index is 2.38. The number of halogens is 2. The van der Waals surface area contributed by atoms with E-state index in [-0.39, 0.29) is 16.9 Å². The molecule has 0 heterocycles. The molecule has 0 amide bonds. The summed E-state index contributed by atoms with van der Waals surface area (Å²) in [6, 6.07) is 6.99. The van der Waals surface area contributed by atoms with Gasteiger partial charge < -0.3 is 5.73 Å². The zero-order valence-corrected chi connectivity index (χ0v) is 11.3. The second kappa shape index (κ2) is 5.09. The molecule has 0 unspecified atom stereocenters. The molecule has 0 saturated carbocycles.